The van der Waals surface area contributed by atoms with Crippen molar-refractivity contribution in [3.63, 3.8) is 0 Å². The number of nitrogens with two attached hydrogens (primary N) is 1. The van der Waals surface area contributed by atoms with Gasteiger partial charge in [-0.25, -0.2) is 17.9 Å². The molecule has 4 N–H and O–H groups in total. The largest absolute Gasteiger partial charge is 0.398 e. The summed E-state index contributed by atoms with van der Waals surface area (Å²) in [6.07, 6.45) is 0. The monoisotopic (exact) mass is 291 g/mol. The molecule has 0 saturated carbocycles. The molecule has 1 rings (SSSR count). The molecular weight excluding hydrogens is 278 g/mol. The molecule has 0 aliphatic rings. The first-order valence-electron chi connectivity index (χ1n) is 5.14. The maximum absolute atomic E-state index is 11.8. The van der Waals surface area contributed by atoms with Crippen molar-refractivity contribution in [2.75, 3.05) is 12.3 Å². The van der Waals surface area contributed by atoms with Crippen LogP contribution >= 0.6 is 11.6 Å². The first-order valence-corrected chi connectivity index (χ1v) is 7.00. The van der Waals surface area contributed by atoms with Crippen LogP contribution in [0.2, 0.25) is 5.02 Å². The number of amides is 2. The molecular formula is C10H14ClN3O3S. The SMILES string of the molecule is CCNC(=O)NS(=O)(=O)c1cc(N)c(C)c(Cl)c1. The van der Waals surface area contributed by atoms with Gasteiger partial charge in [0.05, 0.1) is 4.90 Å². The van der Waals surface area contributed by atoms with Gasteiger partial charge in [-0.15, -0.1) is 0 Å². The van der Waals surface area contributed by atoms with Crippen LogP contribution in [-0.4, -0.2) is 21.0 Å². The topological polar surface area (TPSA) is 101 Å². The number of rotatable bonds is 3. The molecule has 18 heavy (non-hydrogen) atoms. The summed E-state index contributed by atoms with van der Waals surface area (Å²) in [5.41, 5.74) is 6.47. The summed E-state index contributed by atoms with van der Waals surface area (Å²) < 4.78 is 25.5. The number of halogens is 1. The van der Waals surface area contributed by atoms with E-state index in [0.29, 0.717) is 12.1 Å². The zero-order valence-electron chi connectivity index (χ0n) is 9.95. The number of urea groups is 1. The van der Waals surface area contributed by atoms with Gasteiger partial charge in [0.2, 0.25) is 0 Å². The van der Waals surface area contributed by atoms with E-state index in [4.69, 9.17) is 17.3 Å². The predicted molar refractivity (Wildman–Crippen MR) is 70.0 cm³/mol. The maximum Gasteiger partial charge on any atom is 0.328 e. The van der Waals surface area contributed by atoms with E-state index in [9.17, 15) is 13.2 Å². The van der Waals surface area contributed by atoms with Gasteiger partial charge in [-0.05, 0) is 31.5 Å². The lowest BCUT2D eigenvalue weighted by Crippen LogP contribution is -2.39. The molecule has 0 fully saturated rings. The number of hydrogen-bond acceptors (Lipinski definition) is 4. The van der Waals surface area contributed by atoms with Gasteiger partial charge in [0, 0.05) is 17.3 Å². The minimum Gasteiger partial charge on any atom is -0.398 e. The zero-order valence-corrected chi connectivity index (χ0v) is 11.5. The van der Waals surface area contributed by atoms with Crippen molar-refractivity contribution < 1.29 is 13.2 Å². The van der Waals surface area contributed by atoms with E-state index >= 15 is 0 Å². The second kappa shape index (κ2) is 5.45. The number of anilines is 1. The molecule has 0 unspecified atom stereocenters. The summed E-state index contributed by atoms with van der Waals surface area (Å²) in [5.74, 6) is 0. The molecule has 6 nitrogen and oxygen atoms in total. The quantitative estimate of drug-likeness (QED) is 0.729. The van der Waals surface area contributed by atoms with Crippen molar-refractivity contribution in [3.05, 3.63) is 22.7 Å². The van der Waals surface area contributed by atoms with Crippen LogP contribution in [0.4, 0.5) is 10.5 Å². The summed E-state index contributed by atoms with van der Waals surface area (Å²) in [6, 6.07) is 1.70. The molecule has 0 bridgehead atoms. The van der Waals surface area contributed by atoms with Crippen molar-refractivity contribution in [1.82, 2.24) is 10.0 Å². The van der Waals surface area contributed by atoms with Crippen LogP contribution in [0.25, 0.3) is 0 Å². The fourth-order valence-corrected chi connectivity index (χ4v) is 2.49. The Hall–Kier alpha value is -1.47. The lowest BCUT2D eigenvalue weighted by molar-refractivity contribution is 0.246. The van der Waals surface area contributed by atoms with Gasteiger partial charge >= 0.3 is 6.03 Å². The van der Waals surface area contributed by atoms with Crippen molar-refractivity contribution in [1.29, 1.82) is 0 Å². The van der Waals surface area contributed by atoms with Crippen LogP contribution in [0, 0.1) is 6.92 Å². The molecule has 0 saturated heterocycles. The molecule has 0 heterocycles. The van der Waals surface area contributed by atoms with Gasteiger partial charge in [-0.3, -0.25) is 0 Å². The smallest absolute Gasteiger partial charge is 0.328 e. The Balaban J connectivity index is 3.10. The molecule has 0 radical (unpaired) electrons. The highest BCUT2D eigenvalue weighted by Crippen LogP contribution is 2.25. The Labute approximate surface area is 111 Å². The Morgan fingerprint density at radius 3 is 2.56 bits per heavy atom. The minimum atomic E-state index is -3.97. The molecule has 0 aromatic heterocycles. The summed E-state index contributed by atoms with van der Waals surface area (Å²) in [6.45, 7) is 3.66. The van der Waals surface area contributed by atoms with Gasteiger partial charge in [0.15, 0.2) is 0 Å². The van der Waals surface area contributed by atoms with Crippen molar-refractivity contribution >= 4 is 33.3 Å². The average Bonchev–Trinajstić information content (AvgIpc) is 2.24. The third-order valence-electron chi connectivity index (χ3n) is 2.23. The number of nitrogens with one attached hydrogen (secondary N) is 2. The van der Waals surface area contributed by atoms with E-state index < -0.39 is 16.1 Å². The number of carbonyl (C=O) groups excluding carboxylic acids is 1. The Kier molecular flexibility index (Phi) is 4.42. The summed E-state index contributed by atoms with van der Waals surface area (Å²) in [5, 5.41) is 2.55. The first-order chi connectivity index (χ1) is 8.27. The van der Waals surface area contributed by atoms with Crippen LogP contribution in [0.1, 0.15) is 12.5 Å². The molecule has 0 spiro atoms. The average molecular weight is 292 g/mol. The van der Waals surface area contributed by atoms with E-state index in [0.717, 1.165) is 0 Å². The van der Waals surface area contributed by atoms with Crippen molar-refractivity contribution in [2.24, 2.45) is 0 Å². The summed E-state index contributed by atoms with van der Waals surface area (Å²) >= 11 is 5.85. The van der Waals surface area contributed by atoms with E-state index in [-0.39, 0.29) is 15.6 Å². The van der Waals surface area contributed by atoms with Gasteiger partial charge < -0.3 is 11.1 Å². The van der Waals surface area contributed by atoms with Gasteiger partial charge in [0.1, 0.15) is 0 Å². The van der Waals surface area contributed by atoms with E-state index in [1.54, 1.807) is 13.8 Å². The molecule has 1 aromatic rings. The van der Waals surface area contributed by atoms with E-state index in [2.05, 4.69) is 5.32 Å². The number of benzene rings is 1. The maximum atomic E-state index is 11.8. The normalized spacial score (nSPS) is 11.1. The Bertz CT molecular complexity index is 549. The van der Waals surface area contributed by atoms with E-state index in [1.807, 2.05) is 4.72 Å². The third kappa shape index (κ3) is 3.27. The molecule has 0 aliphatic heterocycles. The predicted octanol–water partition coefficient (Wildman–Crippen LogP) is 1.24. The number of carbonyl (C=O) groups is 1. The van der Waals surface area contributed by atoms with Crippen LogP contribution in [0.3, 0.4) is 0 Å². The van der Waals surface area contributed by atoms with E-state index in [1.165, 1.54) is 12.1 Å². The summed E-state index contributed by atoms with van der Waals surface area (Å²) in [4.78, 5) is 11.1. The van der Waals surface area contributed by atoms with Crippen molar-refractivity contribution in [2.45, 2.75) is 18.7 Å². The third-order valence-corrected chi connectivity index (χ3v) is 3.94. The lowest BCUT2D eigenvalue weighted by atomic mass is 10.2. The Morgan fingerprint density at radius 1 is 1.44 bits per heavy atom. The van der Waals surface area contributed by atoms with Crippen molar-refractivity contribution in [3.8, 4) is 0 Å². The first kappa shape index (κ1) is 14.6. The van der Waals surface area contributed by atoms with Crippen LogP contribution in [-0.2, 0) is 10.0 Å². The van der Waals surface area contributed by atoms with Gasteiger partial charge in [-0.1, -0.05) is 11.6 Å². The van der Waals surface area contributed by atoms with Gasteiger partial charge in [0.25, 0.3) is 10.0 Å². The van der Waals surface area contributed by atoms with Crippen LogP contribution in [0.5, 0.6) is 0 Å². The van der Waals surface area contributed by atoms with Crippen LogP contribution < -0.4 is 15.8 Å². The molecule has 1 aromatic carbocycles. The minimum absolute atomic E-state index is 0.151. The molecule has 8 heteroatoms. The van der Waals surface area contributed by atoms with Gasteiger partial charge in [-0.2, -0.15) is 0 Å². The fourth-order valence-electron chi connectivity index (χ4n) is 1.21. The highest BCUT2D eigenvalue weighted by molar-refractivity contribution is 7.90. The highest BCUT2D eigenvalue weighted by atomic mass is 35.5. The highest BCUT2D eigenvalue weighted by Gasteiger charge is 2.19. The molecule has 0 atom stereocenters. The Morgan fingerprint density at radius 2 is 2.06 bits per heavy atom. The number of nitrogen functional groups attached to an aromatic ring is 1. The lowest BCUT2D eigenvalue weighted by Gasteiger charge is -2.10. The second-order valence-corrected chi connectivity index (χ2v) is 5.67. The second-order valence-electron chi connectivity index (χ2n) is 3.58. The fraction of sp³-hybridized carbons (Fsp3) is 0.300. The molecule has 2 amide bonds. The molecule has 0 aliphatic carbocycles. The number of sulfonamides is 1. The molecule has 100 valence electrons. The zero-order chi connectivity index (χ0) is 13.9. The summed E-state index contributed by atoms with van der Waals surface area (Å²) in [7, 11) is -3.97. The number of hydrogen-bond donors (Lipinski definition) is 3. The standard InChI is InChI=1S/C10H14ClN3O3S/c1-3-13-10(15)14-18(16,17)7-4-8(11)6(2)9(12)5-7/h4-5H,3,12H2,1-2H3,(H2,13,14,15). The van der Waals surface area contributed by atoms with Crippen LogP contribution in [0.15, 0.2) is 17.0 Å².